The minimum Gasteiger partial charge on any atom is -0.527 e. The molecule has 0 aliphatic rings. The van der Waals surface area contributed by atoms with Crippen molar-refractivity contribution < 1.29 is 24.2 Å². The zero-order valence-corrected chi connectivity index (χ0v) is 13.9. The van der Waals surface area contributed by atoms with Gasteiger partial charge in [-0.2, -0.15) is 6.41 Å². The van der Waals surface area contributed by atoms with Crippen LogP contribution in [0.3, 0.4) is 0 Å². The summed E-state index contributed by atoms with van der Waals surface area (Å²) in [4.78, 5) is 18.5. The van der Waals surface area contributed by atoms with E-state index in [1.807, 2.05) is 25.1 Å². The molecule has 1 aromatic carbocycles. The molecule has 2 N–H and O–H groups in total. The second kappa shape index (κ2) is 10.9. The average molecular weight is 525 g/mol. The van der Waals surface area contributed by atoms with Crippen LogP contribution < -0.4 is 14.8 Å². The van der Waals surface area contributed by atoms with Gasteiger partial charge in [-0.05, 0) is 37.1 Å². The first-order chi connectivity index (χ1) is 9.12. The molecule has 1 atom stereocenters. The van der Waals surface area contributed by atoms with E-state index in [0.29, 0.717) is 11.5 Å². The van der Waals surface area contributed by atoms with Crippen LogP contribution >= 0.6 is 0 Å². The van der Waals surface area contributed by atoms with Crippen molar-refractivity contribution in [2.24, 2.45) is 0 Å². The smallest absolute Gasteiger partial charge is 0.290 e. The molecule has 0 radical (unpaired) electrons. The van der Waals surface area contributed by atoms with Gasteiger partial charge >= 0.3 is 0 Å². The first-order valence-electron chi connectivity index (χ1n) is 5.54. The number of carboxylic acid groups (broad SMARTS) is 1. The quantitative estimate of drug-likeness (QED) is 0.329. The number of hydrogen-bond donors (Lipinski definition) is 2. The summed E-state index contributed by atoms with van der Waals surface area (Å²) in [6.07, 6.45) is 2.41. The fraction of sp³-hybridized carbons (Fsp3) is 0.385. The number of carbonyl (C=O) groups excluding carboxylic acids is 1. The van der Waals surface area contributed by atoms with E-state index >= 15 is 0 Å². The summed E-state index contributed by atoms with van der Waals surface area (Å²) in [5, 5.41) is 9.47. The third kappa shape index (κ3) is 6.48. The fourth-order valence-electron chi connectivity index (χ4n) is 1.51. The van der Waals surface area contributed by atoms with Gasteiger partial charge in [-0.1, -0.05) is 6.07 Å². The number of benzene rings is 1. The predicted molar refractivity (Wildman–Crippen MR) is 70.2 cm³/mol. The molecule has 0 fully saturated rings. The Labute approximate surface area is 112 Å². The van der Waals surface area contributed by atoms with Gasteiger partial charge in [0.25, 0.3) is 6.47 Å². The van der Waals surface area contributed by atoms with Crippen molar-refractivity contribution in [1.82, 2.24) is 5.32 Å². The van der Waals surface area contributed by atoms with E-state index < -0.39 is 0 Å². The number of carbonyl (C=O) groups is 1. The Balaban J connectivity index is 0. The molecule has 1 amide bonds. The molecule has 118 valence electrons. The van der Waals surface area contributed by atoms with Crippen LogP contribution in [0, 0.1) is 0 Å². The standard InChI is InChI=1S/C12H16NO3.CH2O2.Fm/c1-9(13-8-14)6-10-4-5-11(15-2)12(7-10)16-3;2-1-3;/h4-5,7,9H,6H2,1-3H3,(H,13,14);1H,(H,2,3);/q-1;;. The number of hydrogen-bond acceptors (Lipinski definition) is 4. The van der Waals surface area contributed by atoms with Crippen molar-refractivity contribution in [2.75, 3.05) is 14.2 Å². The first kappa shape index (κ1) is 19.1. The largest absolute Gasteiger partial charge is 0.527 e. The van der Waals surface area contributed by atoms with E-state index in [2.05, 4.69) is 5.32 Å². The topological polar surface area (TPSA) is 84.9 Å². The van der Waals surface area contributed by atoms with Crippen molar-refractivity contribution in [2.45, 2.75) is 19.4 Å². The maximum absolute atomic E-state index is 10.1. The summed E-state index contributed by atoms with van der Waals surface area (Å²) in [6, 6.07) is 5.76. The van der Waals surface area contributed by atoms with Crippen LogP contribution in [-0.4, -0.2) is 38.3 Å². The summed E-state index contributed by atoms with van der Waals surface area (Å²) < 4.78 is 10.3. The summed E-state index contributed by atoms with van der Waals surface area (Å²) >= 11 is 0. The molecule has 0 aliphatic carbocycles. The molecule has 0 aromatic heterocycles. The molecule has 0 saturated heterocycles. The summed E-state index contributed by atoms with van der Waals surface area (Å²) in [5.41, 5.74) is 1.08. The maximum atomic E-state index is 10.1. The molecule has 0 heterocycles. The Bertz CT molecular complexity index is 400. The van der Waals surface area contributed by atoms with Crippen LogP contribution in [0.2, 0.25) is 0 Å². The van der Waals surface area contributed by atoms with Gasteiger partial charge in [-0.15, -0.1) is 0 Å². The second-order valence-corrected chi connectivity index (χ2v) is 3.65. The Kier molecular flexibility index (Phi) is 10.4. The van der Waals surface area contributed by atoms with E-state index in [4.69, 9.17) is 19.4 Å². The number of methoxy groups -OCH3 is 2. The molecule has 7 heteroatoms. The molecular formula is C13H18FmNO5-. The Morgan fingerprint density at radius 2 is 1.90 bits per heavy atom. The van der Waals surface area contributed by atoms with Crippen LogP contribution in [0.1, 0.15) is 12.5 Å². The molecule has 6 nitrogen and oxygen atoms in total. The number of amides is 1. The molecule has 0 bridgehead atoms. The SMILES string of the molecule is COc1ccc(CC(C)N[C-]=O)cc1OC.O=CO.[Fm]. The third-order valence-electron chi connectivity index (χ3n) is 2.30. The molecule has 1 aromatic rings. The van der Waals surface area contributed by atoms with E-state index in [0.717, 1.165) is 12.0 Å². The van der Waals surface area contributed by atoms with Crippen molar-refractivity contribution in [3.05, 3.63) is 23.8 Å². The van der Waals surface area contributed by atoms with Crippen LogP contribution in [0.4, 0.5) is 0 Å². The zero-order valence-electron chi connectivity index (χ0n) is 11.5. The summed E-state index contributed by atoms with van der Waals surface area (Å²) in [5.74, 6) is 1.40. The Hall–Kier alpha value is -3.24. The minimum absolute atomic E-state index is 0. The second-order valence-electron chi connectivity index (χ2n) is 3.65. The number of ether oxygens (including phenoxy) is 2. The summed E-state index contributed by atoms with van der Waals surface area (Å²) in [7, 11) is 3.20. The maximum Gasteiger partial charge on any atom is 0.290 e. The molecule has 0 aliphatic heterocycles. The fourth-order valence-corrected chi connectivity index (χ4v) is 1.51. The van der Waals surface area contributed by atoms with Crippen LogP contribution in [0.5, 0.6) is 11.5 Å². The van der Waals surface area contributed by atoms with Crippen LogP contribution in [-0.2, 0) is 16.0 Å². The molecule has 0 spiro atoms. The van der Waals surface area contributed by atoms with Gasteiger partial charge in [-0.25, -0.2) is 0 Å². The van der Waals surface area contributed by atoms with Gasteiger partial charge in [0.05, 0.1) is 14.2 Å². The predicted octanol–water partition coefficient (Wildman–Crippen LogP) is 0.992. The zero-order chi connectivity index (χ0) is 14.7. The van der Waals surface area contributed by atoms with Crippen molar-refractivity contribution >= 4 is 12.9 Å². The molecule has 1 rings (SSSR count). The first-order valence-corrected chi connectivity index (χ1v) is 5.54. The monoisotopic (exact) mass is 525 g/mol. The molecule has 1 unspecified atom stereocenters. The third-order valence-corrected chi connectivity index (χ3v) is 2.30. The van der Waals surface area contributed by atoms with Gasteiger partial charge in [0.15, 0.2) is 11.5 Å². The normalized spacial score (nSPS) is 9.95. The Morgan fingerprint density at radius 3 is 2.35 bits per heavy atom. The van der Waals surface area contributed by atoms with E-state index in [9.17, 15) is 4.79 Å². The van der Waals surface area contributed by atoms with E-state index in [-0.39, 0.29) is 12.5 Å². The van der Waals surface area contributed by atoms with Crippen molar-refractivity contribution in [3.8, 4) is 11.5 Å². The minimum atomic E-state index is -0.250. The van der Waals surface area contributed by atoms with E-state index in [1.54, 1.807) is 20.6 Å². The van der Waals surface area contributed by atoms with Gasteiger partial charge in [0, 0.05) is 0 Å². The number of nitrogens with one attached hydrogen (secondary N) is 1. The molecular weight excluding hydrogens is 507 g/mol. The molecule has 20 heavy (non-hydrogen) atoms. The van der Waals surface area contributed by atoms with Crippen molar-refractivity contribution in [3.63, 3.8) is 0 Å². The van der Waals surface area contributed by atoms with Gasteiger partial charge in [-0.3, -0.25) is 4.79 Å². The van der Waals surface area contributed by atoms with Crippen LogP contribution in [0.25, 0.3) is 0 Å². The van der Waals surface area contributed by atoms with Gasteiger partial charge in [0.2, 0.25) is 0 Å². The Morgan fingerprint density at radius 1 is 1.35 bits per heavy atom. The molecule has 0 saturated carbocycles. The van der Waals surface area contributed by atoms with E-state index in [1.165, 1.54) is 0 Å². The number of rotatable bonds is 6. The summed E-state index contributed by atoms with van der Waals surface area (Å²) in [6.45, 7) is 1.67. The van der Waals surface area contributed by atoms with Crippen molar-refractivity contribution in [1.29, 1.82) is 0 Å². The average Bonchev–Trinajstić information content (AvgIpc) is 2.39. The van der Waals surface area contributed by atoms with Gasteiger partial charge in [0.1, 0.15) is 0 Å². The van der Waals surface area contributed by atoms with Gasteiger partial charge < -0.3 is 24.7 Å². The van der Waals surface area contributed by atoms with Crippen LogP contribution in [0.15, 0.2) is 18.2 Å².